The molecule has 0 atom stereocenters. The van der Waals surface area contributed by atoms with E-state index in [9.17, 15) is 0 Å². The SMILES string of the molecule is CC1CCCCC1.CO[SiH3]. The topological polar surface area (TPSA) is 9.23 Å². The smallest absolute Gasteiger partial charge is 0.145 e. The van der Waals surface area contributed by atoms with Crippen LogP contribution in [0.4, 0.5) is 0 Å². The van der Waals surface area contributed by atoms with Gasteiger partial charge in [-0.25, -0.2) is 0 Å². The van der Waals surface area contributed by atoms with E-state index in [0.717, 1.165) is 16.4 Å². The summed E-state index contributed by atoms with van der Waals surface area (Å²) < 4.78 is 4.39. The highest BCUT2D eigenvalue weighted by atomic mass is 28.2. The molecule has 1 nitrogen and oxygen atoms in total. The van der Waals surface area contributed by atoms with E-state index in [2.05, 4.69) is 11.3 Å². The van der Waals surface area contributed by atoms with E-state index in [1.165, 1.54) is 32.1 Å². The van der Waals surface area contributed by atoms with Crippen molar-refractivity contribution in [1.29, 1.82) is 0 Å². The van der Waals surface area contributed by atoms with E-state index in [4.69, 9.17) is 0 Å². The van der Waals surface area contributed by atoms with Gasteiger partial charge in [0.1, 0.15) is 10.5 Å². The third-order valence-electron chi connectivity index (χ3n) is 1.89. The van der Waals surface area contributed by atoms with E-state index in [1.807, 2.05) is 0 Å². The van der Waals surface area contributed by atoms with Crippen LogP contribution in [0.1, 0.15) is 39.0 Å². The van der Waals surface area contributed by atoms with Crippen LogP contribution in [-0.4, -0.2) is 17.6 Å². The van der Waals surface area contributed by atoms with Crippen LogP contribution in [0.15, 0.2) is 0 Å². The Kier molecular flexibility index (Phi) is 7.41. The van der Waals surface area contributed by atoms with E-state index < -0.39 is 0 Å². The van der Waals surface area contributed by atoms with Crippen molar-refractivity contribution in [3.63, 3.8) is 0 Å². The van der Waals surface area contributed by atoms with Crippen LogP contribution < -0.4 is 0 Å². The summed E-state index contributed by atoms with van der Waals surface area (Å²) in [6, 6.07) is 0. The molecule has 10 heavy (non-hydrogen) atoms. The highest BCUT2D eigenvalue weighted by Gasteiger charge is 2.05. The van der Waals surface area contributed by atoms with Gasteiger partial charge in [0.2, 0.25) is 0 Å². The first-order valence-electron chi connectivity index (χ1n) is 4.21. The van der Waals surface area contributed by atoms with Crippen LogP contribution in [-0.2, 0) is 4.43 Å². The first-order valence-corrected chi connectivity index (χ1v) is 5.03. The van der Waals surface area contributed by atoms with E-state index in [-0.39, 0.29) is 0 Å². The molecule has 0 aromatic rings. The van der Waals surface area contributed by atoms with E-state index in [0.29, 0.717) is 0 Å². The molecule has 2 heteroatoms. The average molecular weight is 160 g/mol. The van der Waals surface area contributed by atoms with Crippen molar-refractivity contribution in [2.45, 2.75) is 39.0 Å². The molecular formula is C8H20OSi. The Bertz CT molecular complexity index is 60.3. The standard InChI is InChI=1S/C7H14.CH6OSi/c1-7-5-3-2-4-6-7;1-2-3/h7H,2-6H2,1H3;1,3H3. The van der Waals surface area contributed by atoms with Crippen molar-refractivity contribution in [1.82, 2.24) is 0 Å². The minimum atomic E-state index is 0.869. The Morgan fingerprint density at radius 2 is 1.60 bits per heavy atom. The molecule has 0 N–H and O–H groups in total. The Morgan fingerprint density at radius 1 is 1.20 bits per heavy atom. The second kappa shape index (κ2) is 7.29. The molecular weight excluding hydrogens is 140 g/mol. The molecule has 0 amide bonds. The number of hydrogen-bond donors (Lipinski definition) is 0. The summed E-state index contributed by atoms with van der Waals surface area (Å²) in [7, 11) is 2.56. The molecule has 0 aromatic carbocycles. The molecule has 1 aliphatic rings. The minimum absolute atomic E-state index is 0.869. The molecule has 0 unspecified atom stereocenters. The molecule has 0 bridgehead atoms. The summed E-state index contributed by atoms with van der Waals surface area (Å²) in [6.45, 7) is 2.36. The highest BCUT2D eigenvalue weighted by Crippen LogP contribution is 2.21. The zero-order chi connectivity index (χ0) is 7.82. The van der Waals surface area contributed by atoms with Crippen molar-refractivity contribution >= 4 is 10.5 Å². The minimum Gasteiger partial charge on any atom is -0.431 e. The van der Waals surface area contributed by atoms with Gasteiger partial charge in [0, 0.05) is 7.11 Å². The van der Waals surface area contributed by atoms with Crippen molar-refractivity contribution in [3.8, 4) is 0 Å². The molecule has 62 valence electrons. The normalized spacial score (nSPS) is 19.8. The lowest BCUT2D eigenvalue weighted by molar-refractivity contribution is 0.385. The van der Waals surface area contributed by atoms with Crippen LogP contribution >= 0.6 is 0 Å². The Morgan fingerprint density at radius 3 is 1.80 bits per heavy atom. The maximum atomic E-state index is 4.39. The second-order valence-electron chi connectivity index (χ2n) is 3.15. The molecule has 0 saturated heterocycles. The van der Waals surface area contributed by atoms with Gasteiger partial charge in [-0.15, -0.1) is 0 Å². The quantitative estimate of drug-likeness (QED) is 0.488. The van der Waals surface area contributed by atoms with Gasteiger partial charge in [0.15, 0.2) is 0 Å². The maximum Gasteiger partial charge on any atom is 0.145 e. The molecule has 1 aliphatic carbocycles. The molecule has 0 spiro atoms. The van der Waals surface area contributed by atoms with Gasteiger partial charge < -0.3 is 4.43 Å². The highest BCUT2D eigenvalue weighted by molar-refractivity contribution is 5.97. The predicted octanol–water partition coefficient (Wildman–Crippen LogP) is 1.50. The third kappa shape index (κ3) is 6.30. The monoisotopic (exact) mass is 160 g/mol. The third-order valence-corrected chi connectivity index (χ3v) is 1.89. The molecule has 1 rings (SSSR count). The van der Waals surface area contributed by atoms with Gasteiger partial charge in [0.25, 0.3) is 0 Å². The largest absolute Gasteiger partial charge is 0.431 e. The van der Waals surface area contributed by atoms with Crippen molar-refractivity contribution in [3.05, 3.63) is 0 Å². The summed E-state index contributed by atoms with van der Waals surface area (Å²) in [5, 5.41) is 0. The van der Waals surface area contributed by atoms with Gasteiger partial charge in [0.05, 0.1) is 0 Å². The predicted molar refractivity (Wildman–Crippen MR) is 49.2 cm³/mol. The van der Waals surface area contributed by atoms with Crippen molar-refractivity contribution < 1.29 is 4.43 Å². The lowest BCUT2D eigenvalue weighted by Crippen LogP contribution is -1.99. The molecule has 0 aromatic heterocycles. The van der Waals surface area contributed by atoms with Gasteiger partial charge in [-0.3, -0.25) is 0 Å². The summed E-state index contributed by atoms with van der Waals surface area (Å²) in [4.78, 5) is 0. The maximum absolute atomic E-state index is 4.39. The molecule has 0 heterocycles. The summed E-state index contributed by atoms with van der Waals surface area (Å²) in [6.07, 6.45) is 7.44. The van der Waals surface area contributed by atoms with Crippen LogP contribution in [0, 0.1) is 5.92 Å². The van der Waals surface area contributed by atoms with Gasteiger partial charge in [-0.1, -0.05) is 39.0 Å². The first kappa shape index (κ1) is 10.2. The second-order valence-corrected chi connectivity index (χ2v) is 3.97. The van der Waals surface area contributed by atoms with Gasteiger partial charge in [-0.05, 0) is 5.92 Å². The molecule has 0 radical (unpaired) electrons. The molecule has 1 fully saturated rings. The van der Waals surface area contributed by atoms with Crippen LogP contribution in [0.3, 0.4) is 0 Å². The van der Waals surface area contributed by atoms with Gasteiger partial charge in [-0.2, -0.15) is 0 Å². The lowest BCUT2D eigenvalue weighted by atomic mass is 9.91. The first-order chi connectivity index (χ1) is 4.81. The Balaban J connectivity index is 0.000000236. The fourth-order valence-electron chi connectivity index (χ4n) is 1.31. The van der Waals surface area contributed by atoms with Crippen LogP contribution in [0.25, 0.3) is 0 Å². The Labute approximate surface area is 67.7 Å². The summed E-state index contributed by atoms with van der Waals surface area (Å²) in [5.41, 5.74) is 0. The van der Waals surface area contributed by atoms with E-state index in [1.54, 1.807) is 7.11 Å². The van der Waals surface area contributed by atoms with Crippen LogP contribution in [0.2, 0.25) is 0 Å². The van der Waals surface area contributed by atoms with Crippen molar-refractivity contribution in [2.75, 3.05) is 7.11 Å². The van der Waals surface area contributed by atoms with Gasteiger partial charge >= 0.3 is 0 Å². The fourth-order valence-corrected chi connectivity index (χ4v) is 1.31. The molecule has 1 saturated carbocycles. The van der Waals surface area contributed by atoms with E-state index >= 15 is 0 Å². The zero-order valence-corrected chi connectivity index (χ0v) is 9.52. The van der Waals surface area contributed by atoms with Crippen molar-refractivity contribution in [2.24, 2.45) is 5.92 Å². The lowest BCUT2D eigenvalue weighted by Gasteiger charge is -2.15. The van der Waals surface area contributed by atoms with Crippen LogP contribution in [0.5, 0.6) is 0 Å². The zero-order valence-electron chi connectivity index (χ0n) is 7.52. The number of hydrogen-bond acceptors (Lipinski definition) is 1. The fraction of sp³-hybridized carbons (Fsp3) is 1.00. The number of rotatable bonds is 0. The molecule has 0 aliphatic heterocycles. The summed E-state index contributed by atoms with van der Waals surface area (Å²) >= 11 is 0. The Hall–Kier alpha value is 0.177. The summed E-state index contributed by atoms with van der Waals surface area (Å²) in [5.74, 6) is 1.04. The average Bonchev–Trinajstić information content (AvgIpc) is 1.91.